The number of esters is 2. The molecule has 2 aliphatic heterocycles. The van der Waals surface area contributed by atoms with Gasteiger partial charge in [0.1, 0.15) is 51.8 Å². The van der Waals surface area contributed by atoms with E-state index in [2.05, 4.69) is 15.8 Å². The highest BCUT2D eigenvalue weighted by Gasteiger charge is 2.61. The summed E-state index contributed by atoms with van der Waals surface area (Å²) in [6.07, 6.45) is 0. The van der Waals surface area contributed by atoms with Crippen LogP contribution in [0.25, 0.3) is 10.1 Å². The standard InChI is InChI=1S/C55H50FN5O10S4/c1-53(2,3)71-44(63)29-70-60-46(41-30-72-52(57-41)59-55(35-14-8-5-9-15-35,36-16-10-6-11-17-36)37-18-12-7-13-19-37)48(64)58-47-49(65)61-31-54(33-75(67)50(47)61,51(66)69-28-34-20-23-39(68-4)24-21-34)32-73-45-27-42(62)40-25-22-38(56)26-43(40)74-45/h5-27,30,47,50H,28-29,31-33H2,1-4H3,(H,57,59)(H,58,64)/t47?,50-,54?,75?/m1/s1. The average Bonchev–Trinajstić information content (AvgIpc) is 3.87. The van der Waals surface area contributed by atoms with Gasteiger partial charge in [0, 0.05) is 50.4 Å². The van der Waals surface area contributed by atoms with Crippen LogP contribution in [0.4, 0.5) is 9.52 Å². The first-order valence-corrected chi connectivity index (χ1v) is 27.6. The van der Waals surface area contributed by atoms with Crippen LogP contribution in [0.3, 0.4) is 0 Å². The van der Waals surface area contributed by atoms with E-state index in [-0.39, 0.29) is 41.5 Å². The fraction of sp³-hybridized carbons (Fsp3) is 0.255. The molecule has 4 heterocycles. The molecule has 15 nitrogen and oxygen atoms in total. The van der Waals surface area contributed by atoms with Crippen molar-refractivity contribution in [3.8, 4) is 5.75 Å². The number of thiazole rings is 1. The number of anilines is 1. The van der Waals surface area contributed by atoms with E-state index in [0.29, 0.717) is 30.7 Å². The van der Waals surface area contributed by atoms with Crippen LogP contribution in [0.5, 0.6) is 5.75 Å². The first-order chi connectivity index (χ1) is 36.1. The van der Waals surface area contributed by atoms with Crippen LogP contribution in [0.2, 0.25) is 0 Å². The predicted molar refractivity (Wildman–Crippen MR) is 288 cm³/mol. The van der Waals surface area contributed by atoms with Gasteiger partial charge >= 0.3 is 11.9 Å². The second-order valence-corrected chi connectivity index (χ2v) is 23.5. The fourth-order valence-electron chi connectivity index (χ4n) is 8.84. The normalized spacial score (nSPS) is 18.6. The van der Waals surface area contributed by atoms with Gasteiger partial charge in [-0.15, -0.1) is 34.4 Å². The Kier molecular flexibility index (Phi) is 15.6. The van der Waals surface area contributed by atoms with E-state index >= 15 is 0 Å². The fourth-order valence-corrected chi connectivity index (χ4v) is 14.1. The number of carbonyl (C=O) groups excluding carboxylic acids is 4. The number of rotatable bonds is 18. The summed E-state index contributed by atoms with van der Waals surface area (Å²) in [5, 5.41) is 11.7. The minimum atomic E-state index is -1.97. The molecule has 2 amide bonds. The van der Waals surface area contributed by atoms with Crippen molar-refractivity contribution in [3.05, 3.63) is 189 Å². The number of nitrogens with zero attached hydrogens (tertiary/aromatic N) is 3. The molecule has 0 bridgehead atoms. The van der Waals surface area contributed by atoms with E-state index in [1.807, 2.05) is 91.0 Å². The van der Waals surface area contributed by atoms with Crippen molar-refractivity contribution in [2.45, 2.75) is 54.1 Å². The molecule has 2 fully saturated rings. The van der Waals surface area contributed by atoms with Crippen LogP contribution in [0.1, 0.15) is 48.7 Å². The molecule has 0 aliphatic carbocycles. The number of aromatic nitrogens is 1. The summed E-state index contributed by atoms with van der Waals surface area (Å²) < 4.78 is 46.2. The Labute approximate surface area is 445 Å². The van der Waals surface area contributed by atoms with Crippen LogP contribution < -0.4 is 20.8 Å². The molecule has 0 spiro atoms. The number of carbonyl (C=O) groups is 4. The van der Waals surface area contributed by atoms with Gasteiger partial charge in [-0.05, 0) is 73.4 Å². The van der Waals surface area contributed by atoms with Crippen LogP contribution in [-0.2, 0) is 56.4 Å². The van der Waals surface area contributed by atoms with Gasteiger partial charge in [-0.1, -0.05) is 108 Å². The number of β-lactam (4-membered cyclic amide) rings is 1. The van der Waals surface area contributed by atoms with Crippen LogP contribution in [0.15, 0.2) is 159 Å². The van der Waals surface area contributed by atoms with E-state index in [4.69, 9.17) is 24.0 Å². The maximum Gasteiger partial charge on any atom is 0.347 e. The van der Waals surface area contributed by atoms with E-state index in [9.17, 15) is 32.6 Å². The minimum absolute atomic E-state index is 0.0371. The predicted octanol–water partition coefficient (Wildman–Crippen LogP) is 8.27. The molecule has 4 atom stereocenters. The molecule has 2 saturated heterocycles. The quantitative estimate of drug-likeness (QED) is 0.0209. The van der Waals surface area contributed by atoms with Crippen LogP contribution in [0, 0.1) is 11.2 Å². The first-order valence-electron chi connectivity index (χ1n) is 23.5. The van der Waals surface area contributed by atoms with Crippen molar-refractivity contribution < 1.29 is 46.8 Å². The van der Waals surface area contributed by atoms with Gasteiger partial charge in [-0.25, -0.2) is 14.2 Å². The van der Waals surface area contributed by atoms with Crippen LogP contribution >= 0.6 is 34.4 Å². The third-order valence-corrected chi connectivity index (χ3v) is 17.6. The lowest BCUT2D eigenvalue weighted by molar-refractivity contribution is -0.162. The number of halogens is 1. The Morgan fingerprint density at radius 1 is 0.893 bits per heavy atom. The highest BCUT2D eigenvalue weighted by molar-refractivity contribution is 8.01. The molecular weight excluding hydrogens is 1040 g/mol. The SMILES string of the molecule is COc1ccc(COC(=O)C2(CSc3cc(=O)c4ccc(F)cc4s3)CN3C(=O)C(NC(=O)C(=NOCC(=O)OC(C)(C)C)c4csc(NC(c5ccccc5)(c5ccccc5)c5ccccc5)n4)[C@H]3S(=O)C2)cc1. The second kappa shape index (κ2) is 22.3. The summed E-state index contributed by atoms with van der Waals surface area (Å²) >= 11 is 3.48. The smallest absolute Gasteiger partial charge is 0.347 e. The Bertz CT molecular complexity index is 3260. The lowest BCUT2D eigenvalue weighted by Crippen LogP contribution is -2.77. The zero-order valence-electron chi connectivity index (χ0n) is 41.0. The number of nitrogens with one attached hydrogen (secondary N) is 2. The lowest BCUT2D eigenvalue weighted by atomic mass is 9.77. The number of methoxy groups -OCH3 is 1. The van der Waals surface area contributed by atoms with Gasteiger partial charge in [0.05, 0.1) is 11.3 Å². The number of fused-ring (bicyclic) bond motifs is 2. The van der Waals surface area contributed by atoms with Crippen molar-refractivity contribution in [1.82, 2.24) is 15.2 Å². The Balaban J connectivity index is 0.989. The third kappa shape index (κ3) is 11.5. The van der Waals surface area contributed by atoms with Gasteiger partial charge in [0.25, 0.3) is 5.91 Å². The molecule has 7 aromatic rings. The summed E-state index contributed by atoms with van der Waals surface area (Å²) in [5.41, 5.74) is -0.707. The summed E-state index contributed by atoms with van der Waals surface area (Å²) in [6.45, 7) is 4.05. The van der Waals surface area contributed by atoms with Crippen molar-refractivity contribution in [3.63, 3.8) is 0 Å². The van der Waals surface area contributed by atoms with Gasteiger partial charge in [0.2, 0.25) is 12.5 Å². The molecule has 386 valence electrons. The monoisotopic (exact) mass is 1090 g/mol. The molecular formula is C55H50FN5O10S4. The minimum Gasteiger partial charge on any atom is -0.497 e. The highest BCUT2D eigenvalue weighted by Crippen LogP contribution is 2.43. The van der Waals surface area contributed by atoms with Gasteiger partial charge in [-0.2, -0.15) is 0 Å². The van der Waals surface area contributed by atoms with Crippen molar-refractivity contribution in [2.75, 3.05) is 37.1 Å². The molecule has 2 aliphatic rings. The topological polar surface area (TPSA) is 192 Å². The van der Waals surface area contributed by atoms with Crippen LogP contribution in [-0.4, -0.2) is 92.3 Å². The van der Waals surface area contributed by atoms with Crippen molar-refractivity contribution in [1.29, 1.82) is 0 Å². The third-order valence-electron chi connectivity index (χ3n) is 12.3. The Morgan fingerprint density at radius 2 is 1.53 bits per heavy atom. The first kappa shape index (κ1) is 52.6. The number of thioether (sulfide) groups is 1. The van der Waals surface area contributed by atoms with Crippen molar-refractivity contribution in [2.24, 2.45) is 10.6 Å². The highest BCUT2D eigenvalue weighted by atomic mass is 32.2. The van der Waals surface area contributed by atoms with E-state index in [1.165, 1.54) is 47.6 Å². The van der Waals surface area contributed by atoms with Gasteiger partial charge in [-0.3, -0.25) is 23.4 Å². The lowest BCUT2D eigenvalue weighted by Gasteiger charge is -2.53. The largest absolute Gasteiger partial charge is 0.497 e. The molecule has 0 saturated carbocycles. The molecule has 0 radical (unpaired) electrons. The zero-order chi connectivity index (χ0) is 52.9. The average molecular weight is 1090 g/mol. The molecule has 2 N–H and O–H groups in total. The summed E-state index contributed by atoms with van der Waals surface area (Å²) in [4.78, 5) is 80.6. The zero-order valence-corrected chi connectivity index (χ0v) is 44.2. The second-order valence-electron chi connectivity index (χ2n) is 18.7. The number of oxime groups is 1. The van der Waals surface area contributed by atoms with Crippen molar-refractivity contribution >= 4 is 89.9 Å². The Morgan fingerprint density at radius 3 is 2.15 bits per heavy atom. The summed E-state index contributed by atoms with van der Waals surface area (Å²) in [6, 6.07) is 40.4. The molecule has 9 rings (SSSR count). The summed E-state index contributed by atoms with van der Waals surface area (Å²) in [7, 11) is -0.440. The van der Waals surface area contributed by atoms with Gasteiger partial charge < -0.3 is 34.6 Å². The molecule has 20 heteroatoms. The summed E-state index contributed by atoms with van der Waals surface area (Å²) in [5.74, 6) is -3.26. The molecule has 5 aromatic carbocycles. The van der Waals surface area contributed by atoms with E-state index < -0.39 is 74.9 Å². The molecule has 75 heavy (non-hydrogen) atoms. The van der Waals surface area contributed by atoms with Gasteiger partial charge in [0.15, 0.2) is 16.3 Å². The molecule has 3 unspecified atom stereocenters. The number of ether oxygens (including phenoxy) is 3. The number of benzene rings is 5. The maximum absolute atomic E-state index is 14.5. The number of hydrogen-bond donors (Lipinski definition) is 2. The van der Waals surface area contributed by atoms with E-state index in [0.717, 1.165) is 39.8 Å². The number of amides is 2. The maximum atomic E-state index is 14.5. The molecule has 2 aromatic heterocycles. The van der Waals surface area contributed by atoms with E-state index in [1.54, 1.807) is 50.4 Å². The number of hydrogen-bond acceptors (Lipinski definition) is 16. The Hall–Kier alpha value is -7.26.